The lowest BCUT2D eigenvalue weighted by Crippen LogP contribution is -2.63. The first-order valence-electron chi connectivity index (χ1n) is 20.5. The monoisotopic (exact) mass is 1300 g/mol. The molecule has 64 heavy (non-hydrogen) atoms. The molecule has 4 aromatic carbocycles. The van der Waals surface area contributed by atoms with E-state index in [0.717, 1.165) is 33.4 Å². The van der Waals surface area contributed by atoms with E-state index in [4.69, 9.17) is 53.4 Å². The van der Waals surface area contributed by atoms with Crippen molar-refractivity contribution in [3.05, 3.63) is 91.0 Å². The second-order valence-electron chi connectivity index (χ2n) is 18.2. The van der Waals surface area contributed by atoms with E-state index >= 15 is 4.39 Å². The van der Waals surface area contributed by atoms with Crippen molar-refractivity contribution in [1.82, 2.24) is 0 Å². The van der Waals surface area contributed by atoms with Gasteiger partial charge in [0.2, 0.25) is 0 Å². The second-order valence-corrected chi connectivity index (χ2v) is 33.1. The van der Waals surface area contributed by atoms with E-state index in [1.807, 2.05) is 104 Å². The van der Waals surface area contributed by atoms with Crippen molar-refractivity contribution < 1.29 is 23.0 Å². The minimum atomic E-state index is -2.44. The van der Waals surface area contributed by atoms with Gasteiger partial charge < -0.3 is 14.2 Å². The standard InChI is InChI=1S/C45H56B5F2I3O3P6/c1-26(2)37(5,59)43(50,62)41(49,52)24-57-36-21-33(20-35(22-36)56-23-40(47,48)44(54,63)38(6,60)27(3)4)32-14-12-29(13-15-32)28-8-10-30(11-9-28)31-16-18-34(19-17-31)58-25-42(53,61)45(55,64)39(7,46)51/h8-22,26-27H,23-25,59-64H2,1-7H3. The number of benzene rings is 4. The third-order valence-electron chi connectivity index (χ3n) is 12.6. The van der Waals surface area contributed by atoms with Crippen LogP contribution in [0.15, 0.2) is 91.0 Å². The molecule has 0 aromatic heterocycles. The molecule has 0 N–H and O–H groups in total. The van der Waals surface area contributed by atoms with Crippen LogP contribution in [0.2, 0.25) is 5.21 Å². The molecule has 14 unspecified atom stereocenters. The molecule has 0 saturated carbocycles. The molecule has 0 heterocycles. The first-order chi connectivity index (χ1) is 29.0. The maximum atomic E-state index is 16.4. The van der Waals surface area contributed by atoms with Crippen LogP contribution in [0.5, 0.6) is 17.2 Å². The average molecular weight is 1300 g/mol. The highest BCUT2D eigenvalue weighted by molar-refractivity contribution is 14.1. The number of hydrogen-bond donors (Lipinski definition) is 0. The van der Waals surface area contributed by atoms with Crippen molar-refractivity contribution in [3.63, 3.8) is 0 Å². The van der Waals surface area contributed by atoms with Crippen molar-refractivity contribution in [2.24, 2.45) is 11.8 Å². The van der Waals surface area contributed by atoms with Gasteiger partial charge in [0.1, 0.15) is 51.7 Å². The second kappa shape index (κ2) is 21.5. The lowest BCUT2D eigenvalue weighted by molar-refractivity contribution is 0.124. The van der Waals surface area contributed by atoms with Crippen LogP contribution in [0, 0.1) is 11.8 Å². The van der Waals surface area contributed by atoms with Crippen LogP contribution >= 0.6 is 123 Å². The molecule has 0 fully saturated rings. The summed E-state index contributed by atoms with van der Waals surface area (Å²) in [7, 11) is 48.5. The lowest BCUT2D eigenvalue weighted by Gasteiger charge is -2.52. The quantitative estimate of drug-likeness (QED) is 0.0382. The largest absolute Gasteiger partial charge is 0.494 e. The summed E-state index contributed by atoms with van der Waals surface area (Å²) in [5.74, 6) is 1.67. The third kappa shape index (κ3) is 12.6. The van der Waals surface area contributed by atoms with Crippen molar-refractivity contribution >= 4 is 162 Å². The highest BCUT2D eigenvalue weighted by atomic mass is 127. The van der Waals surface area contributed by atoms with Crippen LogP contribution in [0.3, 0.4) is 0 Å². The van der Waals surface area contributed by atoms with E-state index in [1.54, 1.807) is 6.07 Å². The zero-order valence-electron chi connectivity index (χ0n) is 37.4. The molecule has 0 bridgehead atoms. The molecule has 19 heteroatoms. The summed E-state index contributed by atoms with van der Waals surface area (Å²) < 4.78 is 47.4. The van der Waals surface area contributed by atoms with Crippen LogP contribution in [0.1, 0.15) is 48.5 Å². The zero-order valence-corrected chi connectivity index (χ0v) is 50.8. The minimum Gasteiger partial charge on any atom is -0.494 e. The van der Waals surface area contributed by atoms with Gasteiger partial charge in [-0.2, -0.15) is 0 Å². The van der Waals surface area contributed by atoms with Crippen LogP contribution in [-0.2, 0) is 0 Å². The molecule has 0 aliphatic heterocycles. The van der Waals surface area contributed by atoms with E-state index < -0.39 is 42.7 Å². The summed E-state index contributed by atoms with van der Waals surface area (Å²) in [6, 6.07) is 29.6. The fourth-order valence-electron chi connectivity index (χ4n) is 6.52. The molecular formula is C45H56B5F2I3O3P6. The predicted octanol–water partition coefficient (Wildman–Crippen LogP) is 12.3. The SMILES string of the molecule is [B]C(C)(F)C(P)(I)C(P)(I)COc1ccc(-c2ccc(-c3ccc(-c4cc(OCC([B])([B])C(P)(I)C(C)(P)C(C)C)cc(OCC([B])(F)C([B])(P)C(C)(P)C(C)C)c4)cc3)cc2)cc1. The molecule has 0 spiro atoms. The van der Waals surface area contributed by atoms with Gasteiger partial charge in [-0.15, -0.1) is 55.4 Å². The molecule has 334 valence electrons. The molecule has 14 atom stereocenters. The van der Waals surface area contributed by atoms with Gasteiger partial charge in [0.15, 0.2) is 0 Å². The Hall–Kier alpha value is 1.23. The normalized spacial score (nSPS) is 19.9. The van der Waals surface area contributed by atoms with Crippen molar-refractivity contribution in [2.75, 3.05) is 19.8 Å². The summed E-state index contributed by atoms with van der Waals surface area (Å²) in [4.78, 5) is 0. The summed E-state index contributed by atoms with van der Waals surface area (Å²) in [5, 5.41) is -3.96. The molecule has 0 aliphatic carbocycles. The summed E-state index contributed by atoms with van der Waals surface area (Å²) >= 11 is 6.51. The van der Waals surface area contributed by atoms with Gasteiger partial charge in [0.05, 0.1) is 42.0 Å². The number of alkyl halides is 5. The Balaban J connectivity index is 1.59. The van der Waals surface area contributed by atoms with Gasteiger partial charge in [-0.25, -0.2) is 0 Å². The van der Waals surface area contributed by atoms with Crippen LogP contribution in [-0.4, -0.2) is 95.0 Å². The van der Waals surface area contributed by atoms with Crippen molar-refractivity contribution in [2.45, 2.75) is 89.7 Å². The van der Waals surface area contributed by atoms with Gasteiger partial charge in [0.25, 0.3) is 0 Å². The Kier molecular flexibility index (Phi) is 19.4. The molecule has 3 nitrogen and oxygen atoms in total. The van der Waals surface area contributed by atoms with Crippen LogP contribution in [0.4, 0.5) is 8.78 Å². The van der Waals surface area contributed by atoms with E-state index in [-0.39, 0.29) is 30.2 Å². The van der Waals surface area contributed by atoms with Crippen LogP contribution in [0.25, 0.3) is 33.4 Å². The third-order valence-corrected chi connectivity index (χ3v) is 28.0. The number of hydrogen-bond acceptors (Lipinski definition) is 3. The Labute approximate surface area is 443 Å². The fourth-order valence-corrected chi connectivity index (χ4v) is 9.93. The topological polar surface area (TPSA) is 27.7 Å². The summed E-state index contributed by atoms with van der Waals surface area (Å²) in [6.45, 7) is 13.2. The maximum Gasteiger partial charge on any atom is 0.126 e. The number of halogens is 5. The molecule has 10 radical (unpaired) electrons. The van der Waals surface area contributed by atoms with Crippen molar-refractivity contribution in [1.29, 1.82) is 0 Å². The predicted molar refractivity (Wildman–Crippen MR) is 322 cm³/mol. The smallest absolute Gasteiger partial charge is 0.126 e. The summed E-state index contributed by atoms with van der Waals surface area (Å²) in [5.41, 5.74) is 1.38. The van der Waals surface area contributed by atoms with E-state index in [0.29, 0.717) is 17.2 Å². The lowest BCUT2D eigenvalue weighted by atomic mass is 9.50. The first-order valence-corrected chi connectivity index (χ1v) is 27.2. The molecule has 4 rings (SSSR count). The maximum absolute atomic E-state index is 16.4. The van der Waals surface area contributed by atoms with Gasteiger partial charge >= 0.3 is 0 Å². The average Bonchev–Trinajstić information content (AvgIpc) is 3.21. The number of ether oxygens (including phenoxy) is 3. The van der Waals surface area contributed by atoms with E-state index in [9.17, 15) is 4.39 Å². The highest BCUT2D eigenvalue weighted by Gasteiger charge is 2.54. The van der Waals surface area contributed by atoms with E-state index in [1.165, 1.54) is 6.92 Å². The Morgan fingerprint density at radius 3 is 1.20 bits per heavy atom. The molecular weight excluding hydrogens is 1250 g/mol. The molecule has 0 amide bonds. The Morgan fingerprint density at radius 1 is 0.484 bits per heavy atom. The first kappa shape index (κ1) is 57.8. The van der Waals surface area contributed by atoms with Gasteiger partial charge in [0, 0.05) is 14.4 Å². The summed E-state index contributed by atoms with van der Waals surface area (Å²) in [6.07, 6.45) is 0. The van der Waals surface area contributed by atoms with Gasteiger partial charge in [-0.05, 0) is 91.8 Å². The van der Waals surface area contributed by atoms with Gasteiger partial charge in [-0.1, -0.05) is 170 Å². The molecule has 0 aliphatic rings. The van der Waals surface area contributed by atoms with Crippen molar-refractivity contribution in [3.8, 4) is 50.6 Å². The molecule has 0 saturated heterocycles. The Bertz CT molecular complexity index is 2140. The molecule has 4 aromatic rings. The van der Waals surface area contributed by atoms with Crippen LogP contribution < -0.4 is 14.2 Å². The Morgan fingerprint density at radius 2 is 0.828 bits per heavy atom. The minimum absolute atomic E-state index is 0.00860. The van der Waals surface area contributed by atoms with Gasteiger partial charge in [-0.3, -0.25) is 8.78 Å². The number of rotatable bonds is 20. The van der Waals surface area contributed by atoms with E-state index in [2.05, 4.69) is 146 Å². The fraction of sp³-hybridized carbons (Fsp3) is 0.467. The zero-order chi connectivity index (χ0) is 48.7. The highest BCUT2D eigenvalue weighted by Crippen LogP contribution is 2.60.